The zero-order valence-electron chi connectivity index (χ0n) is 12.9. The molecule has 6 heteroatoms. The average Bonchev–Trinajstić information content (AvgIpc) is 2.45. The van der Waals surface area contributed by atoms with E-state index in [0.29, 0.717) is 18.5 Å². The summed E-state index contributed by atoms with van der Waals surface area (Å²) in [7, 11) is 0. The summed E-state index contributed by atoms with van der Waals surface area (Å²) in [5, 5.41) is 11.9. The average molecular weight is 301 g/mol. The maximum atomic E-state index is 11.8. The molecular formula is C16H19N3O3. The minimum Gasteiger partial charge on any atom is -0.447 e. The molecule has 1 aromatic rings. The van der Waals surface area contributed by atoms with Gasteiger partial charge in [-0.1, -0.05) is 0 Å². The summed E-state index contributed by atoms with van der Waals surface area (Å²) < 4.78 is 5.10. The molecule has 2 amide bonds. The molecule has 22 heavy (non-hydrogen) atoms. The smallest absolute Gasteiger partial charge is 0.407 e. The number of alkyl carbamates (subject to hydrolysis) is 1. The van der Waals surface area contributed by atoms with Gasteiger partial charge in [0.25, 0.3) is 0 Å². The largest absolute Gasteiger partial charge is 0.447 e. The van der Waals surface area contributed by atoms with Gasteiger partial charge in [-0.25, -0.2) is 4.79 Å². The van der Waals surface area contributed by atoms with E-state index in [4.69, 9.17) is 10.00 Å². The van der Waals surface area contributed by atoms with E-state index in [9.17, 15) is 9.59 Å². The van der Waals surface area contributed by atoms with E-state index >= 15 is 0 Å². The second kappa shape index (κ2) is 6.48. The standard InChI is InChI=1S/C16H19N3O3/c1-10(2)22-16(21)18-14-6-7-19(11(3)20)15-5-4-12(9-17)8-13(14)15/h4-5,8,10,14H,6-7H2,1-3H3,(H,18,21). The van der Waals surface area contributed by atoms with Crippen molar-refractivity contribution in [1.29, 1.82) is 5.26 Å². The van der Waals surface area contributed by atoms with Crippen LogP contribution in [0, 0.1) is 11.3 Å². The number of fused-ring (bicyclic) bond motifs is 1. The SMILES string of the molecule is CC(=O)N1CCC(NC(=O)OC(C)C)c2cc(C#N)ccc21. The van der Waals surface area contributed by atoms with E-state index in [2.05, 4.69) is 11.4 Å². The lowest BCUT2D eigenvalue weighted by Crippen LogP contribution is -2.40. The number of rotatable bonds is 2. The van der Waals surface area contributed by atoms with E-state index in [1.165, 1.54) is 6.92 Å². The summed E-state index contributed by atoms with van der Waals surface area (Å²) in [5.41, 5.74) is 1.99. The van der Waals surface area contributed by atoms with Crippen LogP contribution in [0.5, 0.6) is 0 Å². The molecule has 0 bridgehead atoms. The lowest BCUT2D eigenvalue weighted by molar-refractivity contribution is -0.116. The number of nitrogens with one attached hydrogen (secondary N) is 1. The minimum atomic E-state index is -0.496. The Labute approximate surface area is 129 Å². The molecule has 1 atom stereocenters. The van der Waals surface area contributed by atoms with Crippen LogP contribution in [-0.4, -0.2) is 24.6 Å². The third kappa shape index (κ3) is 3.37. The van der Waals surface area contributed by atoms with Crippen molar-refractivity contribution < 1.29 is 14.3 Å². The monoisotopic (exact) mass is 301 g/mol. The van der Waals surface area contributed by atoms with Crippen LogP contribution in [0.15, 0.2) is 18.2 Å². The van der Waals surface area contributed by atoms with Crippen LogP contribution in [-0.2, 0) is 9.53 Å². The number of hydrogen-bond acceptors (Lipinski definition) is 4. The maximum absolute atomic E-state index is 11.8. The highest BCUT2D eigenvalue weighted by molar-refractivity contribution is 5.93. The third-order valence-electron chi connectivity index (χ3n) is 3.48. The Morgan fingerprint density at radius 1 is 1.45 bits per heavy atom. The molecule has 0 fully saturated rings. The van der Waals surface area contributed by atoms with Crippen LogP contribution in [0.2, 0.25) is 0 Å². The van der Waals surface area contributed by atoms with E-state index in [1.807, 2.05) is 0 Å². The summed E-state index contributed by atoms with van der Waals surface area (Å²) >= 11 is 0. The predicted molar refractivity (Wildman–Crippen MR) is 81.3 cm³/mol. The topological polar surface area (TPSA) is 82.4 Å². The maximum Gasteiger partial charge on any atom is 0.407 e. The zero-order chi connectivity index (χ0) is 16.3. The van der Waals surface area contributed by atoms with Gasteiger partial charge in [-0.05, 0) is 44.0 Å². The van der Waals surface area contributed by atoms with Crippen molar-refractivity contribution in [2.75, 3.05) is 11.4 Å². The Morgan fingerprint density at radius 2 is 2.18 bits per heavy atom. The van der Waals surface area contributed by atoms with Gasteiger partial charge in [-0.2, -0.15) is 5.26 Å². The molecule has 1 heterocycles. The number of anilines is 1. The Kier molecular flexibility index (Phi) is 4.66. The van der Waals surface area contributed by atoms with Gasteiger partial charge in [0, 0.05) is 19.2 Å². The molecule has 1 aromatic carbocycles. The minimum absolute atomic E-state index is 0.0610. The molecule has 0 spiro atoms. The first-order valence-electron chi connectivity index (χ1n) is 7.21. The molecule has 1 aliphatic heterocycles. The summed E-state index contributed by atoms with van der Waals surface area (Å²) in [6.45, 7) is 5.57. The number of nitrogens with zero attached hydrogens (tertiary/aromatic N) is 2. The first kappa shape index (κ1) is 15.8. The molecule has 2 rings (SSSR count). The number of carbonyl (C=O) groups is 2. The van der Waals surface area contributed by atoms with Gasteiger partial charge in [-0.15, -0.1) is 0 Å². The molecule has 116 valence electrons. The van der Waals surface area contributed by atoms with Crippen LogP contribution >= 0.6 is 0 Å². The number of ether oxygens (including phenoxy) is 1. The van der Waals surface area contributed by atoms with Crippen LogP contribution in [0.4, 0.5) is 10.5 Å². The van der Waals surface area contributed by atoms with Crippen molar-refractivity contribution in [3.63, 3.8) is 0 Å². The van der Waals surface area contributed by atoms with Crippen LogP contribution in [0.1, 0.15) is 44.4 Å². The fourth-order valence-electron chi connectivity index (χ4n) is 2.55. The molecule has 1 unspecified atom stereocenters. The van der Waals surface area contributed by atoms with Gasteiger partial charge in [0.1, 0.15) is 0 Å². The van der Waals surface area contributed by atoms with Gasteiger partial charge in [0.2, 0.25) is 5.91 Å². The first-order chi connectivity index (χ1) is 10.4. The lowest BCUT2D eigenvalue weighted by atomic mass is 9.94. The van der Waals surface area contributed by atoms with Crippen molar-refractivity contribution in [2.45, 2.75) is 39.3 Å². The van der Waals surface area contributed by atoms with Gasteiger partial charge in [0.15, 0.2) is 0 Å². The van der Waals surface area contributed by atoms with Crippen molar-refractivity contribution in [1.82, 2.24) is 5.32 Å². The quantitative estimate of drug-likeness (QED) is 0.909. The summed E-state index contributed by atoms with van der Waals surface area (Å²) in [6, 6.07) is 6.94. The second-order valence-corrected chi connectivity index (χ2v) is 5.50. The highest BCUT2D eigenvalue weighted by atomic mass is 16.6. The van der Waals surface area contributed by atoms with E-state index < -0.39 is 6.09 Å². The van der Waals surface area contributed by atoms with Crippen molar-refractivity contribution in [2.24, 2.45) is 0 Å². The first-order valence-corrected chi connectivity index (χ1v) is 7.21. The molecule has 6 nitrogen and oxygen atoms in total. The highest BCUT2D eigenvalue weighted by Crippen LogP contribution is 2.34. The van der Waals surface area contributed by atoms with E-state index in [1.54, 1.807) is 36.9 Å². The number of amides is 2. The second-order valence-electron chi connectivity index (χ2n) is 5.50. The molecular weight excluding hydrogens is 282 g/mol. The Hall–Kier alpha value is -2.55. The van der Waals surface area contributed by atoms with Crippen LogP contribution < -0.4 is 10.2 Å². The molecule has 0 radical (unpaired) electrons. The normalized spacial score (nSPS) is 16.7. The number of carbonyl (C=O) groups excluding carboxylic acids is 2. The summed E-state index contributed by atoms with van der Waals surface area (Å²) in [4.78, 5) is 25.2. The summed E-state index contributed by atoms with van der Waals surface area (Å²) in [6.07, 6.45) is -0.124. The van der Waals surface area contributed by atoms with Gasteiger partial charge >= 0.3 is 6.09 Å². The summed E-state index contributed by atoms with van der Waals surface area (Å²) in [5.74, 6) is -0.0610. The highest BCUT2D eigenvalue weighted by Gasteiger charge is 2.29. The van der Waals surface area contributed by atoms with Crippen LogP contribution in [0.25, 0.3) is 0 Å². The fourth-order valence-corrected chi connectivity index (χ4v) is 2.55. The van der Waals surface area contributed by atoms with Crippen molar-refractivity contribution in [3.8, 4) is 6.07 Å². The van der Waals surface area contributed by atoms with Crippen molar-refractivity contribution >= 4 is 17.7 Å². The van der Waals surface area contributed by atoms with E-state index in [-0.39, 0.29) is 18.1 Å². The van der Waals surface area contributed by atoms with E-state index in [0.717, 1.165) is 11.3 Å². The van der Waals surface area contributed by atoms with Crippen molar-refractivity contribution in [3.05, 3.63) is 29.3 Å². The Bertz CT molecular complexity index is 634. The molecule has 1 N–H and O–H groups in total. The fraction of sp³-hybridized carbons (Fsp3) is 0.438. The Morgan fingerprint density at radius 3 is 2.77 bits per heavy atom. The van der Waals surface area contributed by atoms with Gasteiger partial charge in [0.05, 0.1) is 23.8 Å². The zero-order valence-corrected chi connectivity index (χ0v) is 12.9. The third-order valence-corrected chi connectivity index (χ3v) is 3.48. The molecule has 0 aromatic heterocycles. The van der Waals surface area contributed by atoms with Gasteiger partial charge < -0.3 is 15.0 Å². The Balaban J connectivity index is 2.31. The number of nitriles is 1. The predicted octanol–water partition coefficient (Wildman–Crippen LogP) is 2.49. The van der Waals surface area contributed by atoms with Gasteiger partial charge in [-0.3, -0.25) is 4.79 Å². The molecule has 1 aliphatic rings. The van der Waals surface area contributed by atoms with Crippen LogP contribution in [0.3, 0.4) is 0 Å². The number of benzene rings is 1. The lowest BCUT2D eigenvalue weighted by Gasteiger charge is -2.34. The molecule has 0 aliphatic carbocycles. The molecule has 0 saturated carbocycles. The number of hydrogen-bond donors (Lipinski definition) is 1. The molecule has 0 saturated heterocycles.